The number of nitrogens with one attached hydrogen (secondary N) is 2. The van der Waals surface area contributed by atoms with Crippen molar-refractivity contribution in [2.45, 2.75) is 19.8 Å². The van der Waals surface area contributed by atoms with Crippen molar-refractivity contribution in [3.8, 4) is 0 Å². The molecule has 0 bridgehead atoms. The number of thiazole rings is 2. The number of carbonyl (C=O) groups is 2. The monoisotopic (exact) mass is 348 g/mol. The fraction of sp³-hybridized carbons (Fsp3) is 0.333. The number of amides is 2. The van der Waals surface area contributed by atoms with Gasteiger partial charge in [-0.25, -0.2) is 9.97 Å². The van der Waals surface area contributed by atoms with Crippen LogP contribution in [0.3, 0.4) is 0 Å². The summed E-state index contributed by atoms with van der Waals surface area (Å²) >= 11 is 2.72. The lowest BCUT2D eigenvalue weighted by Gasteiger charge is -2.28. The number of allylic oxidation sites excluding steroid dienone is 2. The Kier molecular flexibility index (Phi) is 4.82. The van der Waals surface area contributed by atoms with Gasteiger partial charge in [-0.05, 0) is 19.8 Å². The van der Waals surface area contributed by atoms with Crippen molar-refractivity contribution in [1.82, 2.24) is 9.97 Å². The number of hydrogen-bond acceptors (Lipinski definition) is 6. The summed E-state index contributed by atoms with van der Waals surface area (Å²) in [6.45, 7) is 1.98. The third kappa shape index (κ3) is 3.83. The van der Waals surface area contributed by atoms with E-state index in [1.54, 1.807) is 23.2 Å². The van der Waals surface area contributed by atoms with Gasteiger partial charge in [-0.3, -0.25) is 9.59 Å². The minimum absolute atomic E-state index is 0.160. The SMILES string of the molecule is CC1=CCC(C(=O)Nc2nccs2)C(C(=O)Nc2nccs2)C1. The highest BCUT2D eigenvalue weighted by atomic mass is 32.1. The molecule has 2 unspecified atom stereocenters. The molecule has 1 aliphatic rings. The van der Waals surface area contributed by atoms with Crippen LogP contribution in [0.4, 0.5) is 10.3 Å². The predicted octanol–water partition coefficient (Wildman–Crippen LogP) is 3.15. The molecular formula is C15H16N4O2S2. The molecule has 0 aliphatic heterocycles. The van der Waals surface area contributed by atoms with E-state index < -0.39 is 11.8 Å². The molecule has 2 amide bonds. The molecule has 1 aliphatic carbocycles. The zero-order chi connectivity index (χ0) is 16.2. The average Bonchev–Trinajstić information content (AvgIpc) is 3.20. The van der Waals surface area contributed by atoms with Crippen molar-refractivity contribution in [2.24, 2.45) is 11.8 Å². The minimum Gasteiger partial charge on any atom is -0.302 e. The fourth-order valence-corrected chi connectivity index (χ4v) is 3.66. The largest absolute Gasteiger partial charge is 0.302 e. The number of anilines is 2. The molecule has 6 nitrogen and oxygen atoms in total. The lowest BCUT2D eigenvalue weighted by molar-refractivity contribution is -0.129. The van der Waals surface area contributed by atoms with Gasteiger partial charge >= 0.3 is 0 Å². The molecule has 0 saturated carbocycles. The molecule has 2 aromatic heterocycles. The van der Waals surface area contributed by atoms with E-state index in [1.165, 1.54) is 22.7 Å². The van der Waals surface area contributed by atoms with Crippen LogP contribution >= 0.6 is 22.7 Å². The maximum absolute atomic E-state index is 12.6. The van der Waals surface area contributed by atoms with Crippen molar-refractivity contribution < 1.29 is 9.59 Å². The molecule has 2 N–H and O–H groups in total. The zero-order valence-electron chi connectivity index (χ0n) is 12.5. The lowest BCUT2D eigenvalue weighted by atomic mass is 9.79. The number of carbonyl (C=O) groups excluding carboxylic acids is 2. The molecule has 3 rings (SSSR count). The number of aromatic nitrogens is 2. The average molecular weight is 348 g/mol. The lowest BCUT2D eigenvalue weighted by Crippen LogP contribution is -2.38. The topological polar surface area (TPSA) is 84.0 Å². The Hall–Kier alpha value is -2.06. The predicted molar refractivity (Wildman–Crippen MR) is 91.5 cm³/mol. The summed E-state index contributed by atoms with van der Waals surface area (Å²) in [5.41, 5.74) is 1.13. The Bertz CT molecular complexity index is 710. The van der Waals surface area contributed by atoms with Crippen LogP contribution in [-0.2, 0) is 9.59 Å². The summed E-state index contributed by atoms with van der Waals surface area (Å²) in [6.07, 6.45) is 6.43. The van der Waals surface area contributed by atoms with Gasteiger partial charge < -0.3 is 10.6 Å². The summed E-state index contributed by atoms with van der Waals surface area (Å²) in [5, 5.41) is 10.3. The standard InChI is InChI=1S/C15H16N4O2S2/c1-9-2-3-10(12(20)18-14-16-4-6-22-14)11(8-9)13(21)19-15-17-5-7-23-15/h2,4-7,10-11H,3,8H2,1H3,(H,16,18,20)(H,17,19,21). The van der Waals surface area contributed by atoms with Crippen LogP contribution in [0.5, 0.6) is 0 Å². The van der Waals surface area contributed by atoms with Gasteiger partial charge in [-0.2, -0.15) is 0 Å². The quantitative estimate of drug-likeness (QED) is 0.831. The summed E-state index contributed by atoms with van der Waals surface area (Å²) in [5.74, 6) is -1.12. The molecule has 2 atom stereocenters. The highest BCUT2D eigenvalue weighted by Gasteiger charge is 2.36. The second kappa shape index (κ2) is 7.01. The van der Waals surface area contributed by atoms with Crippen LogP contribution in [0, 0.1) is 11.8 Å². The van der Waals surface area contributed by atoms with Crippen LogP contribution in [0.1, 0.15) is 19.8 Å². The Balaban J connectivity index is 1.73. The first-order valence-corrected chi connectivity index (χ1v) is 8.96. The van der Waals surface area contributed by atoms with Gasteiger partial charge in [0.1, 0.15) is 0 Å². The number of rotatable bonds is 4. The molecule has 0 spiro atoms. The second-order valence-corrected chi connectivity index (χ2v) is 7.15. The van der Waals surface area contributed by atoms with E-state index in [1.807, 2.05) is 13.0 Å². The first kappa shape index (κ1) is 15.8. The Labute approximate surface area is 141 Å². The van der Waals surface area contributed by atoms with Crippen LogP contribution in [0.25, 0.3) is 0 Å². The van der Waals surface area contributed by atoms with E-state index in [2.05, 4.69) is 20.6 Å². The van der Waals surface area contributed by atoms with Gasteiger partial charge in [-0.1, -0.05) is 11.6 Å². The third-order valence-electron chi connectivity index (χ3n) is 3.75. The van der Waals surface area contributed by atoms with Crippen molar-refractivity contribution >= 4 is 44.8 Å². The van der Waals surface area contributed by atoms with E-state index >= 15 is 0 Å². The van der Waals surface area contributed by atoms with Crippen molar-refractivity contribution in [1.29, 1.82) is 0 Å². The first-order chi connectivity index (χ1) is 11.1. The van der Waals surface area contributed by atoms with E-state index in [0.717, 1.165) is 5.57 Å². The van der Waals surface area contributed by atoms with Crippen LogP contribution in [0.15, 0.2) is 34.8 Å². The Morgan fingerprint density at radius 2 is 1.61 bits per heavy atom. The van der Waals surface area contributed by atoms with Crippen LogP contribution in [-0.4, -0.2) is 21.8 Å². The Morgan fingerprint density at radius 3 is 2.13 bits per heavy atom. The van der Waals surface area contributed by atoms with Crippen LogP contribution in [0.2, 0.25) is 0 Å². The molecule has 23 heavy (non-hydrogen) atoms. The first-order valence-electron chi connectivity index (χ1n) is 7.20. The van der Waals surface area contributed by atoms with E-state index in [0.29, 0.717) is 23.1 Å². The summed E-state index contributed by atoms with van der Waals surface area (Å²) in [6, 6.07) is 0. The maximum atomic E-state index is 12.6. The molecule has 120 valence electrons. The molecule has 8 heteroatoms. The maximum Gasteiger partial charge on any atom is 0.230 e. The minimum atomic E-state index is -0.400. The second-order valence-electron chi connectivity index (χ2n) is 5.36. The number of hydrogen-bond donors (Lipinski definition) is 2. The normalized spacial score (nSPS) is 20.7. The van der Waals surface area contributed by atoms with Crippen LogP contribution < -0.4 is 10.6 Å². The summed E-state index contributed by atoms with van der Waals surface area (Å²) < 4.78 is 0. The van der Waals surface area contributed by atoms with Crippen molar-refractivity contribution in [2.75, 3.05) is 10.6 Å². The van der Waals surface area contributed by atoms with Gasteiger partial charge in [-0.15, -0.1) is 22.7 Å². The van der Waals surface area contributed by atoms with Crippen molar-refractivity contribution in [3.63, 3.8) is 0 Å². The zero-order valence-corrected chi connectivity index (χ0v) is 14.1. The van der Waals surface area contributed by atoms with Gasteiger partial charge in [0.25, 0.3) is 0 Å². The smallest absolute Gasteiger partial charge is 0.230 e. The summed E-state index contributed by atoms with van der Waals surface area (Å²) in [4.78, 5) is 33.2. The third-order valence-corrected chi connectivity index (χ3v) is 5.12. The molecule has 2 heterocycles. The van der Waals surface area contributed by atoms with Gasteiger partial charge in [0.2, 0.25) is 11.8 Å². The fourth-order valence-electron chi connectivity index (χ4n) is 2.60. The molecular weight excluding hydrogens is 332 g/mol. The molecule has 0 saturated heterocycles. The van der Waals surface area contributed by atoms with E-state index in [4.69, 9.17) is 0 Å². The van der Waals surface area contributed by atoms with Crippen molar-refractivity contribution in [3.05, 3.63) is 34.8 Å². The van der Waals surface area contributed by atoms with E-state index in [-0.39, 0.29) is 11.8 Å². The Morgan fingerprint density at radius 1 is 1.04 bits per heavy atom. The van der Waals surface area contributed by atoms with Gasteiger partial charge in [0.05, 0.1) is 11.8 Å². The molecule has 2 aromatic rings. The highest BCUT2D eigenvalue weighted by molar-refractivity contribution is 7.14. The molecule has 0 aromatic carbocycles. The van der Waals surface area contributed by atoms with Gasteiger partial charge in [0, 0.05) is 23.2 Å². The highest BCUT2D eigenvalue weighted by Crippen LogP contribution is 2.32. The van der Waals surface area contributed by atoms with E-state index in [9.17, 15) is 9.59 Å². The summed E-state index contributed by atoms with van der Waals surface area (Å²) in [7, 11) is 0. The molecule has 0 fully saturated rings. The number of nitrogens with zero attached hydrogens (tertiary/aromatic N) is 2. The van der Waals surface area contributed by atoms with Gasteiger partial charge in [0.15, 0.2) is 10.3 Å². The molecule has 0 radical (unpaired) electrons.